The first-order valence-corrected chi connectivity index (χ1v) is 8.04. The van der Waals surface area contributed by atoms with Gasteiger partial charge in [-0.3, -0.25) is 4.40 Å². The second kappa shape index (κ2) is 4.16. The third-order valence-corrected chi connectivity index (χ3v) is 5.08. The van der Waals surface area contributed by atoms with Gasteiger partial charge >= 0.3 is 0 Å². The molecule has 0 saturated heterocycles. The van der Waals surface area contributed by atoms with Crippen molar-refractivity contribution in [3.8, 4) is 0 Å². The molecule has 0 atom stereocenters. The predicted molar refractivity (Wildman–Crippen MR) is 95.1 cm³/mol. The maximum absolute atomic E-state index is 4.50. The van der Waals surface area contributed by atoms with Crippen LogP contribution in [0.25, 0.3) is 38.6 Å². The molecule has 5 rings (SSSR count). The second-order valence-corrected chi connectivity index (χ2v) is 6.18. The molecular weight excluding hydrogens is 284 g/mol. The molecular formula is C19H18N4. The zero-order valence-electron chi connectivity index (χ0n) is 13.5. The van der Waals surface area contributed by atoms with Gasteiger partial charge in [0.05, 0.1) is 16.6 Å². The number of aryl methyl sites for hydroxylation is 3. The fraction of sp³-hybridized carbons (Fsp3) is 0.211. The molecule has 0 bridgehead atoms. The van der Waals surface area contributed by atoms with E-state index < -0.39 is 0 Å². The lowest BCUT2D eigenvalue weighted by Gasteiger charge is -2.08. The molecule has 0 spiro atoms. The Kier molecular flexibility index (Phi) is 2.31. The Hall–Kier alpha value is -2.75. The summed E-state index contributed by atoms with van der Waals surface area (Å²) < 4.78 is 6.80. The van der Waals surface area contributed by atoms with Gasteiger partial charge in [0.25, 0.3) is 0 Å². The van der Waals surface area contributed by atoms with Crippen LogP contribution in [-0.4, -0.2) is 18.5 Å². The van der Waals surface area contributed by atoms with Gasteiger partial charge in [-0.05, 0) is 31.5 Å². The highest BCUT2D eigenvalue weighted by molar-refractivity contribution is 6.14. The van der Waals surface area contributed by atoms with Gasteiger partial charge in [-0.2, -0.15) is 0 Å². The molecule has 0 radical (unpaired) electrons. The molecule has 4 heteroatoms. The van der Waals surface area contributed by atoms with Gasteiger partial charge in [-0.1, -0.05) is 18.2 Å². The molecule has 0 aliphatic carbocycles. The van der Waals surface area contributed by atoms with E-state index in [-0.39, 0.29) is 0 Å². The minimum absolute atomic E-state index is 0.970. The van der Waals surface area contributed by atoms with Gasteiger partial charge in [0, 0.05) is 42.3 Å². The van der Waals surface area contributed by atoms with Crippen LogP contribution in [-0.2, 0) is 13.6 Å². The third-order valence-electron chi connectivity index (χ3n) is 5.08. The second-order valence-electron chi connectivity index (χ2n) is 6.18. The van der Waals surface area contributed by atoms with Gasteiger partial charge in [0.1, 0.15) is 0 Å². The van der Waals surface area contributed by atoms with Gasteiger partial charge in [0.2, 0.25) is 5.78 Å². The van der Waals surface area contributed by atoms with Crippen LogP contribution in [0, 0.1) is 6.92 Å². The van der Waals surface area contributed by atoms with E-state index in [0.29, 0.717) is 0 Å². The van der Waals surface area contributed by atoms with E-state index in [1.807, 2.05) is 12.4 Å². The average molecular weight is 302 g/mol. The highest BCUT2D eigenvalue weighted by Crippen LogP contribution is 2.36. The Morgan fingerprint density at radius 1 is 1.04 bits per heavy atom. The standard InChI is InChI=1S/C19H18N4/c1-4-22-15-8-6-5-7-13(15)14-11-16-18(12(2)17(14)22)21(3)19-20-9-10-23(16)19/h5-11H,4H2,1-3H3. The van der Waals surface area contributed by atoms with Gasteiger partial charge in [-0.15, -0.1) is 0 Å². The van der Waals surface area contributed by atoms with Crippen molar-refractivity contribution < 1.29 is 0 Å². The molecule has 23 heavy (non-hydrogen) atoms. The zero-order chi connectivity index (χ0) is 15.7. The normalized spacial score (nSPS) is 12.3. The minimum atomic E-state index is 0.970. The van der Waals surface area contributed by atoms with Crippen LogP contribution in [0.1, 0.15) is 12.5 Å². The van der Waals surface area contributed by atoms with Crippen LogP contribution < -0.4 is 0 Å². The molecule has 0 aliphatic heterocycles. The molecule has 114 valence electrons. The van der Waals surface area contributed by atoms with Gasteiger partial charge < -0.3 is 9.13 Å². The number of rotatable bonds is 1. The predicted octanol–water partition coefficient (Wildman–Crippen LogP) is 4.26. The number of nitrogens with zero attached hydrogens (tertiary/aromatic N) is 4. The third kappa shape index (κ3) is 1.39. The van der Waals surface area contributed by atoms with E-state index in [2.05, 4.69) is 69.7 Å². The first-order valence-electron chi connectivity index (χ1n) is 8.04. The van der Waals surface area contributed by atoms with Crippen LogP contribution in [0.2, 0.25) is 0 Å². The largest absolute Gasteiger partial charge is 0.340 e. The Morgan fingerprint density at radius 3 is 2.70 bits per heavy atom. The summed E-state index contributed by atoms with van der Waals surface area (Å²) in [5, 5.41) is 2.65. The molecule has 0 saturated carbocycles. The topological polar surface area (TPSA) is 27.2 Å². The zero-order valence-corrected chi connectivity index (χ0v) is 13.5. The molecule has 4 nitrogen and oxygen atoms in total. The van der Waals surface area contributed by atoms with Crippen molar-refractivity contribution in [1.29, 1.82) is 0 Å². The van der Waals surface area contributed by atoms with Crippen molar-refractivity contribution in [3.63, 3.8) is 0 Å². The SMILES string of the molecule is CCn1c2ccccc2c2cc3c(c(C)c21)n(C)c1nccn31. The fourth-order valence-electron chi connectivity index (χ4n) is 4.16. The van der Waals surface area contributed by atoms with Crippen molar-refractivity contribution in [3.05, 3.63) is 48.3 Å². The Bertz CT molecular complexity index is 1220. The molecule has 0 fully saturated rings. The number of hydrogen-bond acceptors (Lipinski definition) is 1. The Labute approximate surface area is 133 Å². The number of hydrogen-bond donors (Lipinski definition) is 0. The van der Waals surface area contributed by atoms with E-state index >= 15 is 0 Å². The molecule has 0 N–H and O–H groups in total. The van der Waals surface area contributed by atoms with E-state index in [4.69, 9.17) is 0 Å². The first kappa shape index (κ1) is 12.8. The number of aromatic nitrogens is 4. The molecule has 3 aromatic heterocycles. The molecule has 0 aliphatic rings. The maximum atomic E-state index is 4.50. The molecule has 0 unspecified atom stereocenters. The van der Waals surface area contributed by atoms with Crippen molar-refractivity contribution in [2.75, 3.05) is 0 Å². The summed E-state index contributed by atoms with van der Waals surface area (Å²) in [5.74, 6) is 0.989. The molecule has 0 amide bonds. The average Bonchev–Trinajstić information content (AvgIpc) is 3.22. The lowest BCUT2D eigenvalue weighted by atomic mass is 10.1. The summed E-state index contributed by atoms with van der Waals surface area (Å²) in [6.45, 7) is 5.42. The Morgan fingerprint density at radius 2 is 1.87 bits per heavy atom. The van der Waals surface area contributed by atoms with Crippen molar-refractivity contribution >= 4 is 38.6 Å². The van der Waals surface area contributed by atoms with Crippen LogP contribution in [0.3, 0.4) is 0 Å². The summed E-state index contributed by atoms with van der Waals surface area (Å²) in [6.07, 6.45) is 3.91. The lowest BCUT2D eigenvalue weighted by Crippen LogP contribution is -1.97. The van der Waals surface area contributed by atoms with E-state index in [9.17, 15) is 0 Å². The number of imidazole rings is 2. The van der Waals surface area contributed by atoms with E-state index in [0.717, 1.165) is 12.3 Å². The monoisotopic (exact) mass is 302 g/mol. The summed E-state index contributed by atoms with van der Waals surface area (Å²) in [5.41, 5.74) is 6.46. The highest BCUT2D eigenvalue weighted by atomic mass is 15.2. The highest BCUT2D eigenvalue weighted by Gasteiger charge is 2.18. The van der Waals surface area contributed by atoms with Crippen molar-refractivity contribution in [1.82, 2.24) is 18.5 Å². The summed E-state index contributed by atoms with van der Waals surface area (Å²) in [6, 6.07) is 11.0. The number of fused-ring (bicyclic) bond motifs is 6. The van der Waals surface area contributed by atoms with E-state index in [1.54, 1.807) is 0 Å². The van der Waals surface area contributed by atoms with Crippen molar-refractivity contribution in [2.24, 2.45) is 7.05 Å². The van der Waals surface area contributed by atoms with E-state index in [1.165, 1.54) is 38.4 Å². The maximum Gasteiger partial charge on any atom is 0.214 e. The lowest BCUT2D eigenvalue weighted by molar-refractivity contribution is 0.824. The van der Waals surface area contributed by atoms with Crippen LogP contribution in [0.5, 0.6) is 0 Å². The summed E-state index contributed by atoms with van der Waals surface area (Å²) in [4.78, 5) is 4.50. The van der Waals surface area contributed by atoms with Crippen LogP contribution in [0.15, 0.2) is 42.7 Å². The van der Waals surface area contributed by atoms with Gasteiger partial charge in [0.15, 0.2) is 0 Å². The number of benzene rings is 2. The summed E-state index contributed by atoms with van der Waals surface area (Å²) in [7, 11) is 2.10. The summed E-state index contributed by atoms with van der Waals surface area (Å²) >= 11 is 0. The molecule has 5 aromatic rings. The first-order chi connectivity index (χ1) is 11.2. The van der Waals surface area contributed by atoms with Crippen molar-refractivity contribution in [2.45, 2.75) is 20.4 Å². The molecule has 2 aromatic carbocycles. The molecule has 3 heterocycles. The smallest absolute Gasteiger partial charge is 0.214 e. The Balaban J connectivity index is 2.15. The quantitative estimate of drug-likeness (QED) is 0.454. The minimum Gasteiger partial charge on any atom is -0.340 e. The van der Waals surface area contributed by atoms with Crippen LogP contribution in [0.4, 0.5) is 0 Å². The fourth-order valence-corrected chi connectivity index (χ4v) is 4.16. The number of para-hydroxylation sites is 1. The van der Waals surface area contributed by atoms with Gasteiger partial charge in [-0.25, -0.2) is 4.98 Å². The van der Waals surface area contributed by atoms with Crippen LogP contribution >= 0.6 is 0 Å².